The third kappa shape index (κ3) is 2.59. The predicted molar refractivity (Wildman–Crippen MR) is 76.7 cm³/mol. The summed E-state index contributed by atoms with van der Waals surface area (Å²) in [5, 5.41) is 0.801. The van der Waals surface area contributed by atoms with E-state index in [2.05, 4.69) is 12.7 Å². The predicted octanol–water partition coefficient (Wildman–Crippen LogP) is 4.93. The molecule has 0 fully saturated rings. The fourth-order valence-electron chi connectivity index (χ4n) is 2.16. The van der Waals surface area contributed by atoms with Crippen LogP contribution in [0.1, 0.15) is 26.2 Å². The molecule has 18 heavy (non-hydrogen) atoms. The van der Waals surface area contributed by atoms with E-state index in [0.29, 0.717) is 6.16 Å². The number of allylic oxidation sites excluding steroid dienone is 7. The van der Waals surface area contributed by atoms with Gasteiger partial charge in [-0.15, -0.1) is 0 Å². The molecule has 0 spiro atoms. The Bertz CT molecular complexity index is 507. The highest BCUT2D eigenvalue weighted by molar-refractivity contribution is 7.63. The summed E-state index contributed by atoms with van der Waals surface area (Å²) >= 11 is 0. The zero-order valence-corrected chi connectivity index (χ0v) is 11.7. The Morgan fingerprint density at radius 1 is 1.44 bits per heavy atom. The SMILES string of the molecule is C=C/C=C\C1=CC2=CCCC=C2OP1(=O)CCC. The lowest BCUT2D eigenvalue weighted by atomic mass is 10.0. The van der Waals surface area contributed by atoms with Gasteiger partial charge < -0.3 is 4.52 Å². The van der Waals surface area contributed by atoms with Crippen LogP contribution in [0.25, 0.3) is 0 Å². The zero-order chi connectivity index (χ0) is 13.0. The highest BCUT2D eigenvalue weighted by atomic mass is 31.2. The summed E-state index contributed by atoms with van der Waals surface area (Å²) in [6.45, 7) is 5.68. The molecule has 0 aromatic heterocycles. The van der Waals surface area contributed by atoms with Crippen molar-refractivity contribution in [3.8, 4) is 0 Å². The van der Waals surface area contributed by atoms with Crippen LogP contribution in [0.5, 0.6) is 0 Å². The van der Waals surface area contributed by atoms with Gasteiger partial charge in [0, 0.05) is 17.0 Å². The lowest BCUT2D eigenvalue weighted by Gasteiger charge is -2.28. The first kappa shape index (κ1) is 13.2. The highest BCUT2D eigenvalue weighted by Crippen LogP contribution is 2.61. The van der Waals surface area contributed by atoms with E-state index in [1.54, 1.807) is 6.08 Å². The molecule has 2 aliphatic rings. The van der Waals surface area contributed by atoms with E-state index in [1.165, 1.54) is 0 Å². The van der Waals surface area contributed by atoms with Gasteiger partial charge in [0.25, 0.3) is 7.37 Å². The number of hydrogen-bond donors (Lipinski definition) is 0. The molecular formula is C15H19O2P. The summed E-state index contributed by atoms with van der Waals surface area (Å²) in [7, 11) is -2.73. The van der Waals surface area contributed by atoms with Crippen molar-refractivity contribution in [1.82, 2.24) is 0 Å². The van der Waals surface area contributed by atoms with Gasteiger partial charge in [-0.1, -0.05) is 31.7 Å². The summed E-state index contributed by atoms with van der Waals surface area (Å²) in [5.41, 5.74) is 1.06. The van der Waals surface area contributed by atoms with Gasteiger partial charge in [0.05, 0.1) is 0 Å². The minimum Gasteiger partial charge on any atom is -0.440 e. The quantitative estimate of drug-likeness (QED) is 0.530. The molecule has 0 N–H and O–H groups in total. The Hall–Kier alpha value is -1.27. The van der Waals surface area contributed by atoms with Crippen LogP contribution in [0, 0.1) is 0 Å². The van der Waals surface area contributed by atoms with Gasteiger partial charge in [-0.3, -0.25) is 4.57 Å². The zero-order valence-electron chi connectivity index (χ0n) is 10.8. The van der Waals surface area contributed by atoms with Crippen LogP contribution in [0.4, 0.5) is 0 Å². The van der Waals surface area contributed by atoms with Gasteiger partial charge in [-0.25, -0.2) is 0 Å². The van der Waals surface area contributed by atoms with E-state index < -0.39 is 7.37 Å². The summed E-state index contributed by atoms with van der Waals surface area (Å²) in [5.74, 6) is 0.800. The Morgan fingerprint density at radius 2 is 2.22 bits per heavy atom. The number of hydrogen-bond acceptors (Lipinski definition) is 2. The van der Waals surface area contributed by atoms with Crippen LogP contribution in [-0.2, 0) is 9.09 Å². The van der Waals surface area contributed by atoms with Gasteiger partial charge in [-0.05, 0) is 37.5 Å². The average Bonchev–Trinajstić information content (AvgIpc) is 2.36. The van der Waals surface area contributed by atoms with Crippen LogP contribution < -0.4 is 0 Å². The van der Waals surface area contributed by atoms with Crippen molar-refractivity contribution in [2.45, 2.75) is 26.2 Å². The largest absolute Gasteiger partial charge is 0.440 e. The van der Waals surface area contributed by atoms with Crippen LogP contribution >= 0.6 is 7.37 Å². The van der Waals surface area contributed by atoms with Crippen molar-refractivity contribution in [3.63, 3.8) is 0 Å². The molecule has 2 rings (SSSR count). The maximum atomic E-state index is 12.9. The Labute approximate surface area is 109 Å². The van der Waals surface area contributed by atoms with Crippen molar-refractivity contribution in [1.29, 1.82) is 0 Å². The molecule has 1 aliphatic carbocycles. The first-order chi connectivity index (χ1) is 8.69. The van der Waals surface area contributed by atoms with Crippen LogP contribution in [0.3, 0.4) is 0 Å². The topological polar surface area (TPSA) is 26.3 Å². The van der Waals surface area contributed by atoms with Crippen LogP contribution in [-0.4, -0.2) is 6.16 Å². The molecular weight excluding hydrogens is 243 g/mol. The molecule has 0 amide bonds. The molecule has 1 heterocycles. The lowest BCUT2D eigenvalue weighted by Crippen LogP contribution is -2.07. The molecule has 2 nitrogen and oxygen atoms in total. The second-order valence-corrected chi connectivity index (χ2v) is 6.95. The molecule has 1 unspecified atom stereocenters. The van der Waals surface area contributed by atoms with E-state index in [0.717, 1.165) is 35.9 Å². The lowest BCUT2D eigenvalue weighted by molar-refractivity contribution is 0.410. The van der Waals surface area contributed by atoms with Crippen LogP contribution in [0.2, 0.25) is 0 Å². The van der Waals surface area contributed by atoms with E-state index in [-0.39, 0.29) is 0 Å². The second-order valence-electron chi connectivity index (χ2n) is 4.46. The highest BCUT2D eigenvalue weighted by Gasteiger charge is 2.33. The van der Waals surface area contributed by atoms with Crippen molar-refractivity contribution >= 4 is 7.37 Å². The molecule has 3 heteroatoms. The minimum absolute atomic E-state index is 0.588. The number of fused-ring (bicyclic) bond motifs is 1. The molecule has 0 radical (unpaired) electrons. The van der Waals surface area contributed by atoms with E-state index in [1.807, 2.05) is 31.2 Å². The van der Waals surface area contributed by atoms with E-state index in [9.17, 15) is 4.57 Å². The molecule has 0 saturated carbocycles. The standard InChI is InChI=1S/C15H19O2P/c1-3-5-9-14-12-13-8-6-7-10-15(13)17-18(14,16)11-4-2/h3,5,8-10,12H,1,4,6-7,11H2,2H3/b9-5-. The number of rotatable bonds is 4. The van der Waals surface area contributed by atoms with Gasteiger partial charge in [0.1, 0.15) is 5.76 Å². The Morgan fingerprint density at radius 3 is 2.94 bits per heavy atom. The van der Waals surface area contributed by atoms with E-state index in [4.69, 9.17) is 4.52 Å². The van der Waals surface area contributed by atoms with Crippen molar-refractivity contribution in [2.75, 3.05) is 6.16 Å². The third-order valence-electron chi connectivity index (χ3n) is 3.01. The smallest absolute Gasteiger partial charge is 0.277 e. The normalized spacial score (nSPS) is 26.8. The maximum absolute atomic E-state index is 12.9. The third-order valence-corrected chi connectivity index (χ3v) is 5.60. The fourth-order valence-corrected chi connectivity index (χ4v) is 4.35. The van der Waals surface area contributed by atoms with Gasteiger partial charge in [-0.2, -0.15) is 0 Å². The summed E-state index contributed by atoms with van der Waals surface area (Å²) in [6.07, 6.45) is 15.0. The molecule has 0 aromatic rings. The first-order valence-corrected chi connectivity index (χ1v) is 8.21. The summed E-state index contributed by atoms with van der Waals surface area (Å²) < 4.78 is 18.7. The second kappa shape index (κ2) is 5.58. The van der Waals surface area contributed by atoms with Gasteiger partial charge in [0.2, 0.25) is 0 Å². The molecule has 96 valence electrons. The van der Waals surface area contributed by atoms with Gasteiger partial charge in [0.15, 0.2) is 0 Å². The van der Waals surface area contributed by atoms with Crippen molar-refractivity contribution in [2.24, 2.45) is 0 Å². The fraction of sp³-hybridized carbons (Fsp3) is 0.333. The summed E-state index contributed by atoms with van der Waals surface area (Å²) in [4.78, 5) is 0. The van der Waals surface area contributed by atoms with Crippen molar-refractivity contribution < 1.29 is 9.09 Å². The molecule has 0 bridgehead atoms. The Kier molecular flexibility index (Phi) is 4.08. The maximum Gasteiger partial charge on any atom is 0.277 e. The monoisotopic (exact) mass is 262 g/mol. The Balaban J connectivity index is 2.43. The average molecular weight is 262 g/mol. The molecule has 1 aliphatic heterocycles. The molecule has 1 atom stereocenters. The first-order valence-electron chi connectivity index (χ1n) is 6.40. The van der Waals surface area contributed by atoms with Crippen LogP contribution in [0.15, 0.2) is 59.7 Å². The van der Waals surface area contributed by atoms with E-state index >= 15 is 0 Å². The summed E-state index contributed by atoms with van der Waals surface area (Å²) in [6, 6.07) is 0. The minimum atomic E-state index is -2.73. The van der Waals surface area contributed by atoms with Crippen molar-refractivity contribution in [3.05, 3.63) is 59.7 Å². The molecule has 0 saturated heterocycles. The molecule has 0 aromatic carbocycles. The van der Waals surface area contributed by atoms with Gasteiger partial charge >= 0.3 is 0 Å².